The summed E-state index contributed by atoms with van der Waals surface area (Å²) in [6, 6.07) is 14.0. The molecule has 0 saturated heterocycles. The number of anilines is 1. The molecular weight excluding hydrogens is 282 g/mol. The van der Waals surface area contributed by atoms with Gasteiger partial charge in [-0.3, -0.25) is 5.32 Å². The van der Waals surface area contributed by atoms with Gasteiger partial charge in [-0.05, 0) is 24.3 Å². The number of carbonyl (C=O) groups is 1. The van der Waals surface area contributed by atoms with Gasteiger partial charge < -0.3 is 9.30 Å². The number of rotatable bonds is 3. The third-order valence-electron chi connectivity index (χ3n) is 2.87. The van der Waals surface area contributed by atoms with Gasteiger partial charge in [0.1, 0.15) is 23.6 Å². The summed E-state index contributed by atoms with van der Waals surface area (Å²) < 4.78 is 6.89. The fraction of sp³-hybridized carbons (Fsp3) is 0.0667. The molecular formula is C15H13N5O2. The van der Waals surface area contributed by atoms with Crippen molar-refractivity contribution in [1.82, 2.24) is 19.7 Å². The van der Waals surface area contributed by atoms with Crippen LogP contribution in [0.1, 0.15) is 0 Å². The summed E-state index contributed by atoms with van der Waals surface area (Å²) in [5.41, 5.74) is 0.609. The fourth-order valence-corrected chi connectivity index (χ4v) is 1.87. The van der Waals surface area contributed by atoms with E-state index in [2.05, 4.69) is 20.5 Å². The lowest BCUT2D eigenvalue weighted by Gasteiger charge is -2.07. The number of hydrogen-bond donors (Lipinski definition) is 1. The SMILES string of the molecule is Cn1cnnc1-c1cccc(NC(=O)Oc2ccccc2)n1. The first-order valence-corrected chi connectivity index (χ1v) is 6.58. The van der Waals surface area contributed by atoms with Crippen LogP contribution in [0.2, 0.25) is 0 Å². The zero-order chi connectivity index (χ0) is 15.4. The average Bonchev–Trinajstić information content (AvgIpc) is 2.94. The second-order valence-corrected chi connectivity index (χ2v) is 4.50. The molecule has 0 bridgehead atoms. The number of benzene rings is 1. The summed E-state index contributed by atoms with van der Waals surface area (Å²) in [7, 11) is 1.82. The van der Waals surface area contributed by atoms with E-state index < -0.39 is 6.09 Å². The van der Waals surface area contributed by atoms with E-state index in [1.54, 1.807) is 53.4 Å². The number of aromatic nitrogens is 4. The van der Waals surface area contributed by atoms with Crippen LogP contribution < -0.4 is 10.1 Å². The molecule has 0 atom stereocenters. The van der Waals surface area contributed by atoms with E-state index in [1.807, 2.05) is 13.1 Å². The van der Waals surface area contributed by atoms with Crippen LogP contribution in [-0.4, -0.2) is 25.8 Å². The van der Waals surface area contributed by atoms with Gasteiger partial charge in [-0.2, -0.15) is 0 Å². The first-order chi connectivity index (χ1) is 10.7. The molecule has 1 aromatic carbocycles. The third kappa shape index (κ3) is 3.09. The Labute approximate surface area is 126 Å². The number of pyridine rings is 1. The molecule has 3 rings (SSSR count). The van der Waals surface area contributed by atoms with Crippen molar-refractivity contribution in [3.63, 3.8) is 0 Å². The lowest BCUT2D eigenvalue weighted by atomic mass is 10.3. The zero-order valence-corrected chi connectivity index (χ0v) is 11.8. The van der Waals surface area contributed by atoms with Crippen molar-refractivity contribution < 1.29 is 9.53 Å². The van der Waals surface area contributed by atoms with Crippen LogP contribution in [0.5, 0.6) is 5.75 Å². The molecule has 7 nitrogen and oxygen atoms in total. The fourth-order valence-electron chi connectivity index (χ4n) is 1.87. The van der Waals surface area contributed by atoms with Gasteiger partial charge in [0, 0.05) is 7.05 Å². The van der Waals surface area contributed by atoms with E-state index in [4.69, 9.17) is 4.74 Å². The summed E-state index contributed by atoms with van der Waals surface area (Å²) in [4.78, 5) is 16.2. The minimum absolute atomic E-state index is 0.376. The van der Waals surface area contributed by atoms with Crippen molar-refractivity contribution in [3.05, 3.63) is 54.9 Å². The second-order valence-electron chi connectivity index (χ2n) is 4.50. The van der Waals surface area contributed by atoms with Crippen LogP contribution >= 0.6 is 0 Å². The molecule has 1 N–H and O–H groups in total. The second kappa shape index (κ2) is 6.04. The number of aryl methyl sites for hydroxylation is 1. The highest BCUT2D eigenvalue weighted by Crippen LogP contribution is 2.16. The number of ether oxygens (including phenoxy) is 1. The Bertz CT molecular complexity index is 785. The smallest absolute Gasteiger partial charge is 0.410 e. The molecule has 2 aromatic heterocycles. The first kappa shape index (κ1) is 13.7. The van der Waals surface area contributed by atoms with Gasteiger partial charge >= 0.3 is 6.09 Å². The number of hydrogen-bond acceptors (Lipinski definition) is 5. The normalized spacial score (nSPS) is 10.2. The largest absolute Gasteiger partial charge is 0.418 e. The number of para-hydroxylation sites is 1. The van der Waals surface area contributed by atoms with Gasteiger partial charge in [0.15, 0.2) is 5.82 Å². The van der Waals surface area contributed by atoms with Crippen molar-refractivity contribution >= 4 is 11.9 Å². The highest BCUT2D eigenvalue weighted by atomic mass is 16.6. The average molecular weight is 295 g/mol. The van der Waals surface area contributed by atoms with Crippen LogP contribution in [-0.2, 0) is 7.05 Å². The van der Waals surface area contributed by atoms with E-state index >= 15 is 0 Å². The van der Waals surface area contributed by atoms with Crippen LogP contribution in [0.25, 0.3) is 11.5 Å². The zero-order valence-electron chi connectivity index (χ0n) is 11.8. The van der Waals surface area contributed by atoms with Crippen LogP contribution in [0.15, 0.2) is 54.9 Å². The monoisotopic (exact) mass is 295 g/mol. The molecule has 3 aromatic rings. The highest BCUT2D eigenvalue weighted by Gasteiger charge is 2.09. The topological polar surface area (TPSA) is 81.9 Å². The Kier molecular flexibility index (Phi) is 3.78. The van der Waals surface area contributed by atoms with Gasteiger partial charge in [-0.15, -0.1) is 10.2 Å². The quantitative estimate of drug-likeness (QED) is 0.802. The Morgan fingerprint density at radius 3 is 2.68 bits per heavy atom. The molecule has 0 aliphatic heterocycles. The maximum atomic E-state index is 11.8. The summed E-state index contributed by atoms with van der Waals surface area (Å²) >= 11 is 0. The van der Waals surface area contributed by atoms with Gasteiger partial charge in [0.05, 0.1) is 0 Å². The van der Waals surface area contributed by atoms with Gasteiger partial charge in [-0.25, -0.2) is 9.78 Å². The van der Waals surface area contributed by atoms with Crippen LogP contribution in [0.4, 0.5) is 10.6 Å². The van der Waals surface area contributed by atoms with E-state index in [0.717, 1.165) is 0 Å². The Morgan fingerprint density at radius 1 is 1.14 bits per heavy atom. The Hall–Kier alpha value is -3.22. The number of amides is 1. The molecule has 0 radical (unpaired) electrons. The summed E-state index contributed by atoms with van der Waals surface area (Å²) in [6.07, 6.45) is 0.981. The Balaban J connectivity index is 1.73. The van der Waals surface area contributed by atoms with Crippen molar-refractivity contribution in [2.24, 2.45) is 7.05 Å². The van der Waals surface area contributed by atoms with E-state index in [9.17, 15) is 4.79 Å². The lowest BCUT2D eigenvalue weighted by molar-refractivity contribution is 0.215. The highest BCUT2D eigenvalue weighted by molar-refractivity contribution is 5.85. The summed E-state index contributed by atoms with van der Waals surface area (Å²) in [5.74, 6) is 1.45. The molecule has 110 valence electrons. The standard InChI is InChI=1S/C15H13N5O2/c1-20-10-16-19-14(20)12-8-5-9-13(17-12)18-15(21)22-11-6-3-2-4-7-11/h2-10H,1H3,(H,17,18,21). The minimum atomic E-state index is -0.603. The molecule has 22 heavy (non-hydrogen) atoms. The molecule has 0 aliphatic carbocycles. The van der Waals surface area contributed by atoms with Gasteiger partial charge in [-0.1, -0.05) is 24.3 Å². The molecule has 2 heterocycles. The molecule has 0 fully saturated rings. The van der Waals surface area contributed by atoms with Crippen molar-refractivity contribution in [2.45, 2.75) is 0 Å². The summed E-state index contributed by atoms with van der Waals surface area (Å²) in [5, 5.41) is 10.4. The van der Waals surface area contributed by atoms with Gasteiger partial charge in [0.25, 0.3) is 0 Å². The maximum Gasteiger partial charge on any atom is 0.418 e. The predicted molar refractivity (Wildman–Crippen MR) is 80.3 cm³/mol. The minimum Gasteiger partial charge on any atom is -0.410 e. The van der Waals surface area contributed by atoms with Crippen LogP contribution in [0.3, 0.4) is 0 Å². The summed E-state index contributed by atoms with van der Waals surface area (Å²) in [6.45, 7) is 0. The van der Waals surface area contributed by atoms with E-state index in [0.29, 0.717) is 23.1 Å². The van der Waals surface area contributed by atoms with Crippen LogP contribution in [0, 0.1) is 0 Å². The molecule has 0 unspecified atom stereocenters. The van der Waals surface area contributed by atoms with Gasteiger partial charge in [0.2, 0.25) is 0 Å². The molecule has 0 spiro atoms. The maximum absolute atomic E-state index is 11.8. The van der Waals surface area contributed by atoms with Crippen molar-refractivity contribution in [1.29, 1.82) is 0 Å². The van der Waals surface area contributed by atoms with E-state index in [-0.39, 0.29) is 0 Å². The van der Waals surface area contributed by atoms with Crippen molar-refractivity contribution in [3.8, 4) is 17.3 Å². The third-order valence-corrected chi connectivity index (χ3v) is 2.87. The van der Waals surface area contributed by atoms with Crippen molar-refractivity contribution in [2.75, 3.05) is 5.32 Å². The number of nitrogens with zero attached hydrogens (tertiary/aromatic N) is 4. The Morgan fingerprint density at radius 2 is 1.95 bits per heavy atom. The molecule has 1 amide bonds. The number of carbonyl (C=O) groups excluding carboxylic acids is 1. The molecule has 0 saturated carbocycles. The molecule has 0 aliphatic rings. The molecule has 7 heteroatoms. The van der Waals surface area contributed by atoms with E-state index in [1.165, 1.54) is 0 Å². The predicted octanol–water partition coefficient (Wildman–Crippen LogP) is 2.49. The number of nitrogens with one attached hydrogen (secondary N) is 1. The first-order valence-electron chi connectivity index (χ1n) is 6.58. The lowest BCUT2D eigenvalue weighted by Crippen LogP contribution is -2.17.